The van der Waals surface area contributed by atoms with Crippen LogP contribution in [0.25, 0.3) is 10.6 Å². The van der Waals surface area contributed by atoms with E-state index in [0.29, 0.717) is 10.7 Å². The van der Waals surface area contributed by atoms with Crippen molar-refractivity contribution >= 4 is 39.6 Å². The number of aryl methyl sites for hydroxylation is 1. The number of aromatic nitrogens is 1. The van der Waals surface area contributed by atoms with Gasteiger partial charge in [0.25, 0.3) is 5.91 Å². The van der Waals surface area contributed by atoms with Crippen LogP contribution in [0.1, 0.15) is 29.8 Å². The van der Waals surface area contributed by atoms with E-state index < -0.39 is 6.04 Å². The number of hydrogen-bond acceptors (Lipinski definition) is 5. The maximum atomic E-state index is 12.7. The van der Waals surface area contributed by atoms with Gasteiger partial charge in [0.05, 0.1) is 10.6 Å². The summed E-state index contributed by atoms with van der Waals surface area (Å²) in [6.07, 6.45) is 0. The molecule has 0 aliphatic heterocycles. The van der Waals surface area contributed by atoms with Gasteiger partial charge in [0.2, 0.25) is 5.91 Å². The summed E-state index contributed by atoms with van der Waals surface area (Å²) in [5, 5.41) is 10.1. The first kappa shape index (κ1) is 19.3. The number of rotatable bonds is 6. The molecule has 2 heterocycles. The number of carbonyl (C=O) groups excluding carboxylic acids is 2. The van der Waals surface area contributed by atoms with Gasteiger partial charge in [0.1, 0.15) is 6.04 Å². The Kier molecular flexibility index (Phi) is 6.03. The van der Waals surface area contributed by atoms with E-state index >= 15 is 0 Å². The summed E-state index contributed by atoms with van der Waals surface area (Å²) in [4.78, 5) is 30.8. The Balaban J connectivity index is 1.69. The maximum Gasteiger partial charge on any atom is 0.251 e. The minimum absolute atomic E-state index is 0.0597. The molecule has 2 N–H and O–H groups in total. The van der Waals surface area contributed by atoms with Crippen molar-refractivity contribution in [2.75, 3.05) is 5.32 Å². The van der Waals surface area contributed by atoms with E-state index in [-0.39, 0.29) is 17.7 Å². The van der Waals surface area contributed by atoms with Gasteiger partial charge in [0, 0.05) is 10.9 Å². The Morgan fingerprint density at radius 1 is 1.11 bits per heavy atom. The van der Waals surface area contributed by atoms with Crippen LogP contribution < -0.4 is 10.6 Å². The predicted octanol–water partition coefficient (Wildman–Crippen LogP) is 4.57. The van der Waals surface area contributed by atoms with Gasteiger partial charge in [-0.15, -0.1) is 22.7 Å². The lowest BCUT2D eigenvalue weighted by Gasteiger charge is -2.21. The number of thiophene rings is 1. The highest BCUT2D eigenvalue weighted by Crippen LogP contribution is 2.28. The quantitative estimate of drug-likeness (QED) is 0.638. The molecule has 5 nitrogen and oxygen atoms in total. The van der Waals surface area contributed by atoms with Crippen molar-refractivity contribution in [1.82, 2.24) is 10.3 Å². The molecule has 0 spiro atoms. The van der Waals surface area contributed by atoms with Gasteiger partial charge in [-0.25, -0.2) is 4.98 Å². The second-order valence-corrected chi connectivity index (χ2v) is 8.37. The lowest BCUT2D eigenvalue weighted by Crippen LogP contribution is -2.47. The molecule has 0 fully saturated rings. The molecule has 1 aromatic carbocycles. The van der Waals surface area contributed by atoms with Gasteiger partial charge >= 0.3 is 0 Å². The van der Waals surface area contributed by atoms with Gasteiger partial charge in [-0.2, -0.15) is 0 Å². The number of hydrogen-bond donors (Lipinski definition) is 2. The molecule has 0 aliphatic carbocycles. The third-order valence-electron chi connectivity index (χ3n) is 4.02. The van der Waals surface area contributed by atoms with Crippen molar-refractivity contribution in [2.24, 2.45) is 5.92 Å². The Bertz CT molecular complexity index is 932. The first-order chi connectivity index (χ1) is 12.9. The standard InChI is InChI=1S/C20H21N3O2S2/c1-12(2)17(22-18(24)14-7-4-6-13(3)10-14)19(25)23-20-21-15(11-27-20)16-8-5-9-26-16/h4-12,17H,1-3H3,(H,22,24)(H,21,23,25). The molecule has 3 aromatic rings. The second-order valence-electron chi connectivity index (χ2n) is 6.57. The molecule has 140 valence electrons. The zero-order valence-corrected chi connectivity index (χ0v) is 17.0. The van der Waals surface area contributed by atoms with Crippen LogP contribution in [0.4, 0.5) is 5.13 Å². The van der Waals surface area contributed by atoms with Crippen LogP contribution in [0.5, 0.6) is 0 Å². The second kappa shape index (κ2) is 8.45. The van der Waals surface area contributed by atoms with Crippen molar-refractivity contribution in [3.63, 3.8) is 0 Å². The number of carbonyl (C=O) groups is 2. The van der Waals surface area contributed by atoms with E-state index in [1.807, 2.05) is 55.8 Å². The molecule has 2 aromatic heterocycles. The van der Waals surface area contributed by atoms with Gasteiger partial charge in [-0.1, -0.05) is 37.6 Å². The topological polar surface area (TPSA) is 71.1 Å². The third-order valence-corrected chi connectivity index (χ3v) is 5.67. The van der Waals surface area contributed by atoms with Gasteiger partial charge in [0.15, 0.2) is 5.13 Å². The van der Waals surface area contributed by atoms with Crippen molar-refractivity contribution in [3.05, 3.63) is 58.3 Å². The summed E-state index contributed by atoms with van der Waals surface area (Å²) in [6.45, 7) is 5.73. The van der Waals surface area contributed by atoms with Crippen LogP contribution in [0.15, 0.2) is 47.2 Å². The van der Waals surface area contributed by atoms with Crippen molar-refractivity contribution in [1.29, 1.82) is 0 Å². The lowest BCUT2D eigenvalue weighted by atomic mass is 10.0. The first-order valence-corrected chi connectivity index (χ1v) is 10.4. The van der Waals surface area contributed by atoms with E-state index in [2.05, 4.69) is 15.6 Å². The highest BCUT2D eigenvalue weighted by molar-refractivity contribution is 7.16. The van der Waals surface area contributed by atoms with Crippen LogP contribution in [0, 0.1) is 12.8 Å². The molecule has 0 radical (unpaired) electrons. The number of benzene rings is 1. The molecule has 0 saturated heterocycles. The van der Waals surface area contributed by atoms with E-state index in [4.69, 9.17) is 0 Å². The summed E-state index contributed by atoms with van der Waals surface area (Å²) in [7, 11) is 0. The fourth-order valence-electron chi connectivity index (χ4n) is 2.60. The van der Waals surface area contributed by atoms with Crippen LogP contribution in [0.2, 0.25) is 0 Å². The zero-order valence-electron chi connectivity index (χ0n) is 15.4. The van der Waals surface area contributed by atoms with E-state index in [0.717, 1.165) is 16.1 Å². The Hall–Kier alpha value is -2.51. The summed E-state index contributed by atoms with van der Waals surface area (Å²) < 4.78 is 0. The van der Waals surface area contributed by atoms with E-state index in [1.165, 1.54) is 11.3 Å². The average molecular weight is 400 g/mol. The largest absolute Gasteiger partial charge is 0.340 e. The predicted molar refractivity (Wildman–Crippen MR) is 111 cm³/mol. The van der Waals surface area contributed by atoms with Gasteiger partial charge in [-0.3, -0.25) is 9.59 Å². The van der Waals surface area contributed by atoms with E-state index in [1.54, 1.807) is 23.5 Å². The first-order valence-electron chi connectivity index (χ1n) is 8.62. The zero-order chi connectivity index (χ0) is 19.4. The number of nitrogens with zero attached hydrogens (tertiary/aromatic N) is 1. The summed E-state index contributed by atoms with van der Waals surface area (Å²) in [6, 6.07) is 10.6. The van der Waals surface area contributed by atoms with Crippen molar-refractivity contribution in [2.45, 2.75) is 26.8 Å². The summed E-state index contributed by atoms with van der Waals surface area (Å²) >= 11 is 2.97. The summed E-state index contributed by atoms with van der Waals surface area (Å²) in [5.41, 5.74) is 2.38. The smallest absolute Gasteiger partial charge is 0.251 e. The average Bonchev–Trinajstić information content (AvgIpc) is 3.30. The Morgan fingerprint density at radius 2 is 1.93 bits per heavy atom. The maximum absolute atomic E-state index is 12.7. The van der Waals surface area contributed by atoms with Gasteiger partial charge < -0.3 is 10.6 Å². The molecule has 1 unspecified atom stereocenters. The molecule has 3 rings (SSSR count). The number of thiazole rings is 1. The molecule has 0 bridgehead atoms. The number of amides is 2. The molecule has 2 amide bonds. The number of nitrogens with one attached hydrogen (secondary N) is 2. The monoisotopic (exact) mass is 399 g/mol. The fraction of sp³-hybridized carbons (Fsp3) is 0.250. The van der Waals surface area contributed by atoms with Crippen LogP contribution in [-0.4, -0.2) is 22.8 Å². The molecule has 0 saturated carbocycles. The minimum atomic E-state index is -0.646. The van der Waals surface area contributed by atoms with Gasteiger partial charge in [-0.05, 0) is 36.4 Å². The minimum Gasteiger partial charge on any atom is -0.340 e. The molecule has 0 aliphatic rings. The molecule has 1 atom stereocenters. The Morgan fingerprint density at radius 3 is 2.59 bits per heavy atom. The molecular weight excluding hydrogens is 378 g/mol. The molecular formula is C20H21N3O2S2. The molecule has 27 heavy (non-hydrogen) atoms. The highest BCUT2D eigenvalue weighted by atomic mass is 32.1. The SMILES string of the molecule is Cc1cccc(C(=O)NC(C(=O)Nc2nc(-c3cccs3)cs2)C(C)C)c1. The highest BCUT2D eigenvalue weighted by Gasteiger charge is 2.25. The van der Waals surface area contributed by atoms with Crippen molar-refractivity contribution < 1.29 is 9.59 Å². The van der Waals surface area contributed by atoms with Crippen molar-refractivity contribution in [3.8, 4) is 10.6 Å². The van der Waals surface area contributed by atoms with Crippen LogP contribution >= 0.6 is 22.7 Å². The molecule has 7 heteroatoms. The van der Waals surface area contributed by atoms with Crippen LogP contribution in [-0.2, 0) is 4.79 Å². The third kappa shape index (κ3) is 4.81. The Labute approximate surface area is 166 Å². The van der Waals surface area contributed by atoms with E-state index in [9.17, 15) is 9.59 Å². The van der Waals surface area contributed by atoms with Crippen LogP contribution in [0.3, 0.4) is 0 Å². The lowest BCUT2D eigenvalue weighted by molar-refractivity contribution is -0.118. The fourth-order valence-corrected chi connectivity index (χ4v) is 4.07. The normalized spacial score (nSPS) is 12.0. The summed E-state index contributed by atoms with van der Waals surface area (Å²) in [5.74, 6) is -0.584. The number of anilines is 1.